The molecule has 7 heteroatoms. The van der Waals surface area contributed by atoms with E-state index in [4.69, 9.17) is 4.42 Å². The second-order valence-corrected chi connectivity index (χ2v) is 13.6. The molecule has 0 aliphatic rings. The van der Waals surface area contributed by atoms with Crippen LogP contribution in [0.2, 0.25) is 0 Å². The molecule has 251 valence electrons. The number of aliphatic hydroxyl groups is 1. The second kappa shape index (κ2) is 15.5. The number of carbonyl (C=O) groups excluding carboxylic acids is 1. The van der Waals surface area contributed by atoms with Gasteiger partial charge in [0.1, 0.15) is 17.7 Å². The van der Waals surface area contributed by atoms with E-state index in [-0.39, 0.29) is 47.9 Å². The largest absolute Gasteiger partial charge is 0.512 e. The molecule has 3 aromatic heterocycles. The second-order valence-electron chi connectivity index (χ2n) is 13.6. The van der Waals surface area contributed by atoms with Crippen molar-refractivity contribution in [1.82, 2.24) is 15.0 Å². The number of nitrogens with zero attached hydrogens (tertiary/aromatic N) is 3. The number of allylic oxidation sites excluding steroid dienone is 2. The number of rotatable bonds is 9. The fourth-order valence-corrected chi connectivity index (χ4v) is 5.40. The van der Waals surface area contributed by atoms with Crippen molar-refractivity contribution >= 4 is 27.5 Å². The summed E-state index contributed by atoms with van der Waals surface area (Å²) in [6.45, 7) is 18.8. The number of aromatic nitrogens is 3. The van der Waals surface area contributed by atoms with Crippen LogP contribution >= 0.6 is 0 Å². The zero-order valence-electron chi connectivity index (χ0n) is 29.2. The van der Waals surface area contributed by atoms with Crippen LogP contribution in [0.3, 0.4) is 0 Å². The van der Waals surface area contributed by atoms with Crippen molar-refractivity contribution in [2.45, 2.75) is 93.4 Å². The Balaban J connectivity index is 0.000000290. The maximum Gasteiger partial charge on any atom is 0.164 e. The number of fused-ring (bicyclic) bond motifs is 2. The van der Waals surface area contributed by atoms with Crippen molar-refractivity contribution in [3.63, 3.8) is 0 Å². The molecular formula is C40H48IrN3O3-. The van der Waals surface area contributed by atoms with Crippen molar-refractivity contribution in [1.29, 1.82) is 0 Å². The quantitative estimate of drug-likeness (QED) is 0.0906. The Bertz CT molecular complexity index is 1840. The van der Waals surface area contributed by atoms with Gasteiger partial charge in [-0.25, -0.2) is 4.98 Å². The summed E-state index contributed by atoms with van der Waals surface area (Å²) in [6.07, 6.45) is 11.6. The summed E-state index contributed by atoms with van der Waals surface area (Å²) < 4.78 is 5.66. The molecule has 0 saturated carbocycles. The van der Waals surface area contributed by atoms with Gasteiger partial charge in [0.25, 0.3) is 0 Å². The van der Waals surface area contributed by atoms with Crippen LogP contribution in [0.5, 0.6) is 0 Å². The maximum atomic E-state index is 12.2. The Hall–Kier alpha value is -3.67. The van der Waals surface area contributed by atoms with Crippen LogP contribution in [0.1, 0.15) is 93.6 Å². The molecule has 3 heterocycles. The topological polar surface area (TPSA) is 89.1 Å². The van der Waals surface area contributed by atoms with Crippen LogP contribution < -0.4 is 0 Å². The molecule has 2 aromatic carbocycles. The van der Waals surface area contributed by atoms with Gasteiger partial charge in [0, 0.05) is 60.5 Å². The number of furan rings is 1. The van der Waals surface area contributed by atoms with Crippen molar-refractivity contribution in [3.05, 3.63) is 90.9 Å². The predicted molar refractivity (Wildman–Crippen MR) is 189 cm³/mol. The maximum absolute atomic E-state index is 12.2. The summed E-state index contributed by atoms with van der Waals surface area (Å²) in [6, 6.07) is 18.0. The average molecular weight is 811 g/mol. The summed E-state index contributed by atoms with van der Waals surface area (Å²) in [5.74, 6) is 0.286. The molecular weight excluding hydrogens is 763 g/mol. The number of hydrogen-bond acceptors (Lipinski definition) is 6. The van der Waals surface area contributed by atoms with Crippen LogP contribution in [0, 0.1) is 16.9 Å². The molecule has 0 unspecified atom stereocenters. The molecule has 5 rings (SSSR count). The van der Waals surface area contributed by atoms with E-state index in [9.17, 15) is 9.90 Å². The molecule has 0 aliphatic carbocycles. The van der Waals surface area contributed by atoms with Gasteiger partial charge in [0.05, 0.1) is 17.5 Å². The molecule has 6 nitrogen and oxygen atoms in total. The van der Waals surface area contributed by atoms with Crippen molar-refractivity contribution in [3.8, 4) is 22.5 Å². The fraction of sp³-hybridized carbons (Fsp3) is 0.400. The number of ketones is 1. The summed E-state index contributed by atoms with van der Waals surface area (Å²) in [5.41, 5.74) is 4.87. The molecule has 1 N–H and O–H groups in total. The fourth-order valence-electron chi connectivity index (χ4n) is 5.40. The minimum absolute atomic E-state index is 0. The van der Waals surface area contributed by atoms with Gasteiger partial charge in [-0.2, -0.15) is 0 Å². The van der Waals surface area contributed by atoms with Gasteiger partial charge in [0.15, 0.2) is 5.78 Å². The van der Waals surface area contributed by atoms with Crippen molar-refractivity contribution in [2.24, 2.45) is 10.8 Å². The van der Waals surface area contributed by atoms with E-state index >= 15 is 0 Å². The zero-order chi connectivity index (χ0) is 33.7. The van der Waals surface area contributed by atoms with Crippen LogP contribution in [-0.2, 0) is 30.3 Å². The van der Waals surface area contributed by atoms with E-state index < -0.39 is 0 Å². The Morgan fingerprint density at radius 1 is 0.872 bits per heavy atom. The minimum Gasteiger partial charge on any atom is -0.512 e. The van der Waals surface area contributed by atoms with Crippen molar-refractivity contribution in [2.75, 3.05) is 0 Å². The number of benzene rings is 2. The number of hydrogen-bond donors (Lipinski definition) is 1. The van der Waals surface area contributed by atoms with Gasteiger partial charge in [0.2, 0.25) is 0 Å². The molecule has 1 radical (unpaired) electrons. The van der Waals surface area contributed by atoms with Gasteiger partial charge in [-0.15, -0.1) is 29.1 Å². The van der Waals surface area contributed by atoms with Crippen LogP contribution in [0.25, 0.3) is 44.3 Å². The molecule has 0 atom stereocenters. The molecule has 47 heavy (non-hydrogen) atoms. The van der Waals surface area contributed by atoms with Gasteiger partial charge in [-0.3, -0.25) is 14.8 Å². The average Bonchev–Trinajstić information content (AvgIpc) is 3.56. The smallest absolute Gasteiger partial charge is 0.164 e. The molecule has 0 spiro atoms. The third kappa shape index (κ3) is 8.25. The first-order valence-electron chi connectivity index (χ1n) is 16.3. The van der Waals surface area contributed by atoms with E-state index in [2.05, 4.69) is 66.1 Å². The third-order valence-electron chi connectivity index (χ3n) is 9.76. The minimum atomic E-state index is -0.337. The van der Waals surface area contributed by atoms with E-state index in [1.165, 1.54) is 17.0 Å². The Labute approximate surface area is 293 Å². The van der Waals surface area contributed by atoms with Crippen LogP contribution in [-0.4, -0.2) is 25.8 Å². The molecule has 0 fully saturated rings. The summed E-state index contributed by atoms with van der Waals surface area (Å²) >= 11 is 0. The first-order chi connectivity index (χ1) is 21.8. The number of carbonyl (C=O) groups is 1. The summed E-state index contributed by atoms with van der Waals surface area (Å²) in [7, 11) is 0. The van der Waals surface area contributed by atoms with E-state index in [1.807, 2.05) is 59.7 Å². The Kier molecular flexibility index (Phi) is 12.4. The SMILES string of the molecule is CC(C)(C)c1cc(-c2cc(-c3cncc4ccoc34)ncn2)[c-]c2ccccc12.CCC(C)(CC)C(=O)/C=C(\O)C(C)(CC)CC.[Ir]. The van der Waals surface area contributed by atoms with Gasteiger partial charge in [-0.1, -0.05) is 91.5 Å². The van der Waals surface area contributed by atoms with E-state index in [0.29, 0.717) is 0 Å². The summed E-state index contributed by atoms with van der Waals surface area (Å²) in [5, 5.41) is 13.4. The van der Waals surface area contributed by atoms with Crippen LogP contribution in [0.4, 0.5) is 0 Å². The van der Waals surface area contributed by atoms with Crippen molar-refractivity contribution < 1.29 is 34.4 Å². The van der Waals surface area contributed by atoms with Gasteiger partial charge < -0.3 is 9.52 Å². The summed E-state index contributed by atoms with van der Waals surface area (Å²) in [4.78, 5) is 25.5. The monoisotopic (exact) mass is 811 g/mol. The first kappa shape index (κ1) is 37.8. The number of pyridine rings is 1. The molecule has 0 aliphatic heterocycles. The zero-order valence-corrected chi connectivity index (χ0v) is 31.6. The molecule has 0 bridgehead atoms. The van der Waals surface area contributed by atoms with Gasteiger partial charge in [-0.05, 0) is 43.2 Å². The molecule has 0 saturated heterocycles. The Morgan fingerprint density at radius 3 is 2.15 bits per heavy atom. The number of aliphatic hydroxyl groups excluding tert-OH is 1. The van der Waals surface area contributed by atoms with E-state index in [0.717, 1.165) is 64.6 Å². The third-order valence-corrected chi connectivity index (χ3v) is 9.76. The first-order valence-corrected chi connectivity index (χ1v) is 16.3. The van der Waals surface area contributed by atoms with Crippen LogP contribution in [0.15, 0.2) is 83.7 Å². The standard InChI is InChI=1S/C25H20N3O.C15H28O2.Ir/c1-25(2,3)21-11-18(10-16-6-4-5-7-19(16)21)22-12-23(28-15-27-22)20-14-26-13-17-8-9-29-24(17)20;1-7-14(5,8-2)12(16)11-13(17)15(6,9-3)10-4;/h4-9,11-15H,1-3H3;11,16H,7-10H2,1-6H3;/q-1;;/b;12-11-;. The van der Waals surface area contributed by atoms with Gasteiger partial charge >= 0.3 is 0 Å². The molecule has 0 amide bonds. The predicted octanol–water partition coefficient (Wildman–Crippen LogP) is 10.9. The normalized spacial score (nSPS) is 12.4. The Morgan fingerprint density at radius 2 is 1.51 bits per heavy atom. The molecule has 5 aromatic rings. The van der Waals surface area contributed by atoms with E-state index in [1.54, 1.807) is 25.0 Å².